The van der Waals surface area contributed by atoms with Gasteiger partial charge in [0.25, 0.3) is 5.91 Å². The van der Waals surface area contributed by atoms with Crippen LogP contribution in [-0.4, -0.2) is 16.8 Å². The summed E-state index contributed by atoms with van der Waals surface area (Å²) in [5.41, 5.74) is 4.99. The standard InChI is InChI=1S/C22H22N4O2/c1-14-10-15(2)12-20(11-14)26-22(28)17-4-9-21(23-13-17)25-19-7-5-18(6-8-19)24-16(3)27/h4-13H,1-3H3,(H,23,25)(H,24,27)(H,26,28). The van der Waals surface area contributed by atoms with Crippen LogP contribution in [0, 0.1) is 13.8 Å². The Hall–Kier alpha value is -3.67. The van der Waals surface area contributed by atoms with Crippen LogP contribution in [-0.2, 0) is 4.79 Å². The second kappa shape index (κ2) is 8.35. The molecule has 0 unspecified atom stereocenters. The Labute approximate surface area is 164 Å². The van der Waals surface area contributed by atoms with Gasteiger partial charge in [-0.15, -0.1) is 0 Å². The summed E-state index contributed by atoms with van der Waals surface area (Å²) >= 11 is 0. The van der Waals surface area contributed by atoms with Crippen molar-refractivity contribution in [1.29, 1.82) is 0 Å². The number of nitrogens with one attached hydrogen (secondary N) is 3. The largest absolute Gasteiger partial charge is 0.340 e. The number of carbonyl (C=O) groups excluding carboxylic acids is 2. The summed E-state index contributed by atoms with van der Waals surface area (Å²) in [5.74, 6) is 0.302. The van der Waals surface area contributed by atoms with Gasteiger partial charge in [0.05, 0.1) is 5.56 Å². The molecule has 0 aliphatic rings. The van der Waals surface area contributed by atoms with Crippen molar-refractivity contribution >= 4 is 34.7 Å². The van der Waals surface area contributed by atoms with Crippen molar-refractivity contribution in [3.8, 4) is 0 Å². The zero-order valence-corrected chi connectivity index (χ0v) is 16.0. The highest BCUT2D eigenvalue weighted by atomic mass is 16.2. The van der Waals surface area contributed by atoms with E-state index < -0.39 is 0 Å². The highest BCUT2D eigenvalue weighted by Gasteiger charge is 2.08. The fourth-order valence-corrected chi connectivity index (χ4v) is 2.84. The number of hydrogen-bond donors (Lipinski definition) is 3. The maximum Gasteiger partial charge on any atom is 0.257 e. The summed E-state index contributed by atoms with van der Waals surface area (Å²) in [6.45, 7) is 5.45. The first kappa shape index (κ1) is 19.1. The van der Waals surface area contributed by atoms with E-state index in [1.165, 1.54) is 13.1 Å². The zero-order valence-electron chi connectivity index (χ0n) is 16.0. The van der Waals surface area contributed by atoms with Gasteiger partial charge >= 0.3 is 0 Å². The van der Waals surface area contributed by atoms with Crippen molar-refractivity contribution in [2.45, 2.75) is 20.8 Å². The van der Waals surface area contributed by atoms with Crippen LogP contribution in [0.3, 0.4) is 0 Å². The van der Waals surface area contributed by atoms with Crippen LogP contribution in [0.2, 0.25) is 0 Å². The van der Waals surface area contributed by atoms with E-state index in [9.17, 15) is 9.59 Å². The number of pyridine rings is 1. The van der Waals surface area contributed by atoms with E-state index in [-0.39, 0.29) is 11.8 Å². The van der Waals surface area contributed by atoms with Gasteiger partial charge in [0.1, 0.15) is 5.82 Å². The minimum absolute atomic E-state index is 0.114. The van der Waals surface area contributed by atoms with Gasteiger partial charge in [-0.25, -0.2) is 4.98 Å². The average molecular weight is 374 g/mol. The van der Waals surface area contributed by atoms with E-state index in [1.54, 1.807) is 24.3 Å². The third-order valence-corrected chi connectivity index (χ3v) is 3.98. The molecule has 6 heteroatoms. The highest BCUT2D eigenvalue weighted by molar-refractivity contribution is 6.04. The van der Waals surface area contributed by atoms with Gasteiger partial charge in [-0.2, -0.15) is 0 Å². The van der Waals surface area contributed by atoms with Crippen molar-refractivity contribution < 1.29 is 9.59 Å². The number of aryl methyl sites for hydroxylation is 2. The normalized spacial score (nSPS) is 10.2. The molecule has 28 heavy (non-hydrogen) atoms. The molecule has 0 bridgehead atoms. The topological polar surface area (TPSA) is 83.1 Å². The predicted octanol–water partition coefficient (Wildman–Crippen LogP) is 4.65. The molecule has 0 fully saturated rings. The summed E-state index contributed by atoms with van der Waals surface area (Å²) in [4.78, 5) is 27.8. The van der Waals surface area contributed by atoms with Crippen LogP contribution >= 0.6 is 0 Å². The van der Waals surface area contributed by atoms with Crippen molar-refractivity contribution in [3.63, 3.8) is 0 Å². The molecule has 0 atom stereocenters. The van der Waals surface area contributed by atoms with E-state index in [2.05, 4.69) is 27.0 Å². The van der Waals surface area contributed by atoms with Gasteiger partial charge in [0.2, 0.25) is 5.91 Å². The van der Waals surface area contributed by atoms with E-state index in [1.807, 2.05) is 38.1 Å². The van der Waals surface area contributed by atoms with Crippen LogP contribution in [0.4, 0.5) is 22.9 Å². The Kier molecular flexibility index (Phi) is 5.69. The third kappa shape index (κ3) is 5.17. The Morgan fingerprint density at radius 3 is 2.00 bits per heavy atom. The molecule has 0 saturated heterocycles. The molecule has 2 amide bonds. The minimum atomic E-state index is -0.205. The average Bonchev–Trinajstić information content (AvgIpc) is 2.62. The van der Waals surface area contributed by atoms with Crippen LogP contribution in [0.15, 0.2) is 60.8 Å². The van der Waals surface area contributed by atoms with Crippen LogP contribution in [0.1, 0.15) is 28.4 Å². The minimum Gasteiger partial charge on any atom is -0.340 e. The zero-order chi connectivity index (χ0) is 20.1. The molecule has 0 spiro atoms. The summed E-state index contributed by atoms with van der Waals surface area (Å²) in [6.07, 6.45) is 1.53. The molecular weight excluding hydrogens is 352 g/mol. The first-order chi connectivity index (χ1) is 13.4. The maximum atomic E-state index is 12.4. The number of aromatic nitrogens is 1. The first-order valence-corrected chi connectivity index (χ1v) is 8.89. The lowest BCUT2D eigenvalue weighted by atomic mass is 10.1. The van der Waals surface area contributed by atoms with Crippen LogP contribution in [0.25, 0.3) is 0 Å². The number of nitrogens with zero attached hydrogens (tertiary/aromatic N) is 1. The van der Waals surface area contributed by atoms with Gasteiger partial charge in [-0.1, -0.05) is 6.07 Å². The highest BCUT2D eigenvalue weighted by Crippen LogP contribution is 2.19. The van der Waals surface area contributed by atoms with Gasteiger partial charge in [-0.05, 0) is 73.5 Å². The fourth-order valence-electron chi connectivity index (χ4n) is 2.84. The van der Waals surface area contributed by atoms with Crippen molar-refractivity contribution in [2.24, 2.45) is 0 Å². The lowest BCUT2D eigenvalue weighted by Gasteiger charge is -2.09. The fraction of sp³-hybridized carbons (Fsp3) is 0.136. The van der Waals surface area contributed by atoms with E-state index >= 15 is 0 Å². The number of carbonyl (C=O) groups is 2. The molecule has 0 aliphatic heterocycles. The molecule has 0 aliphatic carbocycles. The van der Waals surface area contributed by atoms with Crippen LogP contribution in [0.5, 0.6) is 0 Å². The molecule has 6 nitrogen and oxygen atoms in total. The van der Waals surface area contributed by atoms with Crippen molar-refractivity contribution in [2.75, 3.05) is 16.0 Å². The number of rotatable bonds is 5. The molecule has 3 aromatic rings. The molecule has 0 radical (unpaired) electrons. The molecule has 1 aromatic heterocycles. The second-order valence-electron chi connectivity index (χ2n) is 6.65. The third-order valence-electron chi connectivity index (χ3n) is 3.98. The van der Waals surface area contributed by atoms with Crippen molar-refractivity contribution in [1.82, 2.24) is 4.98 Å². The molecular formula is C22H22N4O2. The lowest BCUT2D eigenvalue weighted by Crippen LogP contribution is -2.12. The Morgan fingerprint density at radius 1 is 0.786 bits per heavy atom. The first-order valence-electron chi connectivity index (χ1n) is 8.89. The molecule has 0 saturated carbocycles. The Bertz CT molecular complexity index is 976. The Balaban J connectivity index is 1.64. The van der Waals surface area contributed by atoms with Crippen LogP contribution < -0.4 is 16.0 Å². The van der Waals surface area contributed by atoms with Gasteiger partial charge in [-0.3, -0.25) is 9.59 Å². The molecule has 142 valence electrons. The monoisotopic (exact) mass is 374 g/mol. The maximum absolute atomic E-state index is 12.4. The molecule has 2 aromatic carbocycles. The smallest absolute Gasteiger partial charge is 0.257 e. The Morgan fingerprint density at radius 2 is 1.43 bits per heavy atom. The van der Waals surface area contributed by atoms with E-state index in [0.717, 1.165) is 28.2 Å². The summed E-state index contributed by atoms with van der Waals surface area (Å²) in [7, 11) is 0. The molecule has 3 N–H and O–H groups in total. The predicted molar refractivity (Wildman–Crippen MR) is 112 cm³/mol. The van der Waals surface area contributed by atoms with E-state index in [0.29, 0.717) is 11.4 Å². The van der Waals surface area contributed by atoms with Gasteiger partial charge in [0.15, 0.2) is 0 Å². The second-order valence-corrected chi connectivity index (χ2v) is 6.65. The van der Waals surface area contributed by atoms with Gasteiger partial charge < -0.3 is 16.0 Å². The van der Waals surface area contributed by atoms with Crippen molar-refractivity contribution in [3.05, 3.63) is 77.5 Å². The number of hydrogen-bond acceptors (Lipinski definition) is 4. The number of anilines is 4. The summed E-state index contributed by atoms with van der Waals surface area (Å²) < 4.78 is 0. The molecule has 1 heterocycles. The van der Waals surface area contributed by atoms with E-state index in [4.69, 9.17) is 0 Å². The number of amides is 2. The van der Waals surface area contributed by atoms with Gasteiger partial charge in [0, 0.05) is 30.2 Å². The summed E-state index contributed by atoms with van der Waals surface area (Å²) in [5, 5.41) is 8.77. The lowest BCUT2D eigenvalue weighted by molar-refractivity contribution is -0.114. The summed E-state index contributed by atoms with van der Waals surface area (Å²) in [6, 6.07) is 16.7. The number of benzene rings is 2. The quantitative estimate of drug-likeness (QED) is 0.607. The molecule has 3 rings (SSSR count). The SMILES string of the molecule is CC(=O)Nc1ccc(Nc2ccc(C(=O)Nc3cc(C)cc(C)c3)cn2)cc1.